The lowest BCUT2D eigenvalue weighted by atomic mass is 10.2. The van der Waals surface area contributed by atoms with Gasteiger partial charge in [0.15, 0.2) is 0 Å². The molecule has 1 saturated heterocycles. The summed E-state index contributed by atoms with van der Waals surface area (Å²) in [6, 6.07) is 6.34. The number of rotatable bonds is 5. The molecule has 1 aromatic carbocycles. The summed E-state index contributed by atoms with van der Waals surface area (Å²) < 4.78 is 4.92. The summed E-state index contributed by atoms with van der Waals surface area (Å²) in [4.78, 5) is 37.9. The molecule has 7 heteroatoms. The van der Waals surface area contributed by atoms with Gasteiger partial charge >= 0.3 is 12.0 Å². The highest BCUT2D eigenvalue weighted by molar-refractivity contribution is 5.93. The minimum atomic E-state index is -0.389. The van der Waals surface area contributed by atoms with E-state index in [4.69, 9.17) is 4.74 Å². The maximum atomic E-state index is 12.2. The van der Waals surface area contributed by atoms with Gasteiger partial charge in [-0.25, -0.2) is 9.59 Å². The number of nitrogens with one attached hydrogen (secondary N) is 2. The molecule has 140 valence electrons. The van der Waals surface area contributed by atoms with Crippen molar-refractivity contribution in [3.8, 4) is 0 Å². The number of benzene rings is 1. The van der Waals surface area contributed by atoms with Crippen LogP contribution in [-0.4, -0.2) is 48.0 Å². The predicted molar refractivity (Wildman–Crippen MR) is 96.9 cm³/mol. The highest BCUT2D eigenvalue weighted by Crippen LogP contribution is 2.27. The summed E-state index contributed by atoms with van der Waals surface area (Å²) in [5, 5.41) is 5.60. The fraction of sp³-hybridized carbons (Fsp3) is 0.526. The lowest BCUT2D eigenvalue weighted by molar-refractivity contribution is -0.129. The first-order valence-electron chi connectivity index (χ1n) is 9.21. The second kappa shape index (κ2) is 8.21. The maximum absolute atomic E-state index is 12.2. The van der Waals surface area contributed by atoms with Gasteiger partial charge in [0.2, 0.25) is 5.91 Å². The van der Waals surface area contributed by atoms with E-state index in [1.165, 1.54) is 12.8 Å². The summed E-state index contributed by atoms with van der Waals surface area (Å²) in [5.74, 6) is -0.263. The number of ether oxygens (including phenoxy) is 1. The van der Waals surface area contributed by atoms with Crippen LogP contribution in [0.3, 0.4) is 0 Å². The zero-order valence-corrected chi connectivity index (χ0v) is 15.0. The zero-order valence-electron chi connectivity index (χ0n) is 15.0. The Hall–Kier alpha value is -2.57. The molecule has 0 bridgehead atoms. The summed E-state index contributed by atoms with van der Waals surface area (Å²) in [5.41, 5.74) is 1.01. The number of anilines is 1. The minimum absolute atomic E-state index is 0.126. The number of hydrogen-bond acceptors (Lipinski definition) is 4. The van der Waals surface area contributed by atoms with Crippen LogP contribution in [0.2, 0.25) is 0 Å². The lowest BCUT2D eigenvalue weighted by Crippen LogP contribution is -2.41. The number of carbonyl (C=O) groups is 3. The van der Waals surface area contributed by atoms with Crippen LogP contribution >= 0.6 is 0 Å². The standard InChI is InChI=1S/C19H25N3O4/c1-2-26-18(24)13-7-9-14(10-8-13)20-19(25)21-15-11-17(23)22(12-15)16-5-3-4-6-16/h7-10,15-16H,2-6,11-12H2,1H3,(H2,20,21,25). The molecule has 2 aliphatic rings. The Bertz CT molecular complexity index is 668. The van der Waals surface area contributed by atoms with Crippen molar-refractivity contribution >= 4 is 23.6 Å². The Morgan fingerprint density at radius 2 is 1.88 bits per heavy atom. The van der Waals surface area contributed by atoms with E-state index < -0.39 is 0 Å². The molecule has 26 heavy (non-hydrogen) atoms. The second-order valence-corrected chi connectivity index (χ2v) is 6.78. The summed E-state index contributed by atoms with van der Waals surface area (Å²) in [7, 11) is 0. The van der Waals surface area contributed by atoms with E-state index in [0.717, 1.165) is 12.8 Å². The monoisotopic (exact) mass is 359 g/mol. The molecule has 3 amide bonds. The van der Waals surface area contributed by atoms with Crippen LogP contribution in [0, 0.1) is 0 Å². The topological polar surface area (TPSA) is 87.7 Å². The molecule has 7 nitrogen and oxygen atoms in total. The van der Waals surface area contributed by atoms with Gasteiger partial charge < -0.3 is 20.3 Å². The van der Waals surface area contributed by atoms with E-state index in [2.05, 4.69) is 10.6 Å². The number of hydrogen-bond donors (Lipinski definition) is 2. The van der Waals surface area contributed by atoms with Gasteiger partial charge in [0.05, 0.1) is 18.2 Å². The van der Waals surface area contributed by atoms with Crippen LogP contribution in [0.1, 0.15) is 49.4 Å². The number of urea groups is 1. The highest BCUT2D eigenvalue weighted by Gasteiger charge is 2.36. The van der Waals surface area contributed by atoms with Crippen LogP contribution in [-0.2, 0) is 9.53 Å². The van der Waals surface area contributed by atoms with Crippen molar-refractivity contribution in [1.82, 2.24) is 10.2 Å². The minimum Gasteiger partial charge on any atom is -0.462 e. The van der Waals surface area contributed by atoms with E-state index in [1.807, 2.05) is 4.90 Å². The van der Waals surface area contributed by atoms with E-state index in [1.54, 1.807) is 31.2 Å². The lowest BCUT2D eigenvalue weighted by Gasteiger charge is -2.24. The normalized spacial score (nSPS) is 20.3. The van der Waals surface area contributed by atoms with Gasteiger partial charge in [0.1, 0.15) is 0 Å². The second-order valence-electron chi connectivity index (χ2n) is 6.78. The van der Waals surface area contributed by atoms with Crippen molar-refractivity contribution < 1.29 is 19.1 Å². The average Bonchev–Trinajstić information content (AvgIpc) is 3.25. The van der Waals surface area contributed by atoms with Gasteiger partial charge in [0, 0.05) is 24.7 Å². The molecular weight excluding hydrogens is 334 g/mol. The Kier molecular flexibility index (Phi) is 5.75. The number of amides is 3. The van der Waals surface area contributed by atoms with Crippen molar-refractivity contribution in [3.63, 3.8) is 0 Å². The first-order valence-corrected chi connectivity index (χ1v) is 9.21. The predicted octanol–water partition coefficient (Wildman–Crippen LogP) is 2.53. The van der Waals surface area contributed by atoms with Gasteiger partial charge in [-0.05, 0) is 44.0 Å². The molecule has 1 saturated carbocycles. The molecule has 1 aliphatic heterocycles. The number of nitrogens with zero attached hydrogens (tertiary/aromatic N) is 1. The molecule has 1 heterocycles. The largest absolute Gasteiger partial charge is 0.462 e. The van der Waals surface area contributed by atoms with Crippen LogP contribution in [0.15, 0.2) is 24.3 Å². The highest BCUT2D eigenvalue weighted by atomic mass is 16.5. The molecule has 1 aliphatic carbocycles. The zero-order chi connectivity index (χ0) is 18.5. The molecule has 1 atom stereocenters. The van der Waals surface area contributed by atoms with E-state index >= 15 is 0 Å². The van der Waals surface area contributed by atoms with Crippen molar-refractivity contribution in [2.45, 2.75) is 51.1 Å². The van der Waals surface area contributed by atoms with Crippen molar-refractivity contribution in [2.24, 2.45) is 0 Å². The molecular formula is C19H25N3O4. The van der Waals surface area contributed by atoms with Crippen molar-refractivity contribution in [2.75, 3.05) is 18.5 Å². The number of carbonyl (C=O) groups excluding carboxylic acids is 3. The van der Waals surface area contributed by atoms with Crippen molar-refractivity contribution in [3.05, 3.63) is 29.8 Å². The summed E-state index contributed by atoms with van der Waals surface area (Å²) in [6.07, 6.45) is 4.84. The van der Waals surface area contributed by atoms with Crippen LogP contribution < -0.4 is 10.6 Å². The quantitative estimate of drug-likeness (QED) is 0.791. The summed E-state index contributed by atoms with van der Waals surface area (Å²) in [6.45, 7) is 2.65. The van der Waals surface area contributed by atoms with Crippen LogP contribution in [0.25, 0.3) is 0 Å². The van der Waals surface area contributed by atoms with E-state index in [9.17, 15) is 14.4 Å². The Morgan fingerprint density at radius 3 is 2.54 bits per heavy atom. The molecule has 2 fully saturated rings. The first kappa shape index (κ1) is 18.2. The first-order chi connectivity index (χ1) is 12.6. The molecule has 0 spiro atoms. The van der Waals surface area contributed by atoms with Gasteiger partial charge in [-0.15, -0.1) is 0 Å². The van der Waals surface area contributed by atoms with Crippen molar-refractivity contribution in [1.29, 1.82) is 0 Å². The third-order valence-electron chi connectivity index (χ3n) is 4.91. The third-order valence-corrected chi connectivity index (χ3v) is 4.91. The third kappa shape index (κ3) is 4.33. The van der Waals surface area contributed by atoms with Gasteiger partial charge in [-0.1, -0.05) is 12.8 Å². The van der Waals surface area contributed by atoms with Crippen LogP contribution in [0.5, 0.6) is 0 Å². The smallest absolute Gasteiger partial charge is 0.338 e. The van der Waals surface area contributed by atoms with E-state index in [0.29, 0.717) is 36.9 Å². The van der Waals surface area contributed by atoms with Crippen LogP contribution in [0.4, 0.5) is 10.5 Å². The Labute approximate surface area is 153 Å². The van der Waals surface area contributed by atoms with E-state index in [-0.39, 0.29) is 23.9 Å². The fourth-order valence-corrected chi connectivity index (χ4v) is 3.65. The summed E-state index contributed by atoms with van der Waals surface area (Å²) >= 11 is 0. The average molecular weight is 359 g/mol. The van der Waals surface area contributed by atoms with Gasteiger partial charge in [-0.3, -0.25) is 4.79 Å². The number of esters is 1. The Balaban J connectivity index is 1.49. The molecule has 2 N–H and O–H groups in total. The Morgan fingerprint density at radius 1 is 1.19 bits per heavy atom. The molecule has 0 radical (unpaired) electrons. The molecule has 1 aromatic rings. The van der Waals surface area contributed by atoms with Gasteiger partial charge in [0.25, 0.3) is 0 Å². The number of likely N-dealkylation sites (tertiary alicyclic amines) is 1. The fourth-order valence-electron chi connectivity index (χ4n) is 3.65. The maximum Gasteiger partial charge on any atom is 0.338 e. The SMILES string of the molecule is CCOC(=O)c1ccc(NC(=O)NC2CC(=O)N(C3CCCC3)C2)cc1. The molecule has 1 unspecified atom stereocenters. The molecule has 3 rings (SSSR count). The molecule has 0 aromatic heterocycles. The van der Waals surface area contributed by atoms with Gasteiger partial charge in [-0.2, -0.15) is 0 Å².